The Bertz CT molecular complexity index is 511. The van der Waals surface area contributed by atoms with Crippen molar-refractivity contribution in [1.82, 2.24) is 10.2 Å². The van der Waals surface area contributed by atoms with Gasteiger partial charge in [-0.2, -0.15) is 5.10 Å². The van der Waals surface area contributed by atoms with E-state index in [1.165, 1.54) is 5.56 Å². The van der Waals surface area contributed by atoms with E-state index in [0.717, 1.165) is 34.1 Å². The van der Waals surface area contributed by atoms with Crippen LogP contribution in [0.25, 0.3) is 11.3 Å². The van der Waals surface area contributed by atoms with Gasteiger partial charge in [0.1, 0.15) is 5.82 Å². The van der Waals surface area contributed by atoms with Gasteiger partial charge in [-0.25, -0.2) is 0 Å². The van der Waals surface area contributed by atoms with Crippen LogP contribution >= 0.6 is 15.9 Å². The smallest absolute Gasteiger partial charge is 0.149 e. The Kier molecular flexibility index (Phi) is 3.52. The van der Waals surface area contributed by atoms with Gasteiger partial charge < -0.3 is 5.73 Å². The number of aryl methyl sites for hydroxylation is 1. The van der Waals surface area contributed by atoms with E-state index >= 15 is 0 Å². The number of H-pyrrole nitrogens is 1. The van der Waals surface area contributed by atoms with Gasteiger partial charge in [0.15, 0.2) is 0 Å². The largest absolute Gasteiger partial charge is 0.382 e. The molecule has 2 aromatic rings. The Balaban J connectivity index is 2.52. The van der Waals surface area contributed by atoms with Crippen molar-refractivity contribution in [3.05, 3.63) is 33.8 Å². The third kappa shape index (κ3) is 2.52. The zero-order valence-corrected chi connectivity index (χ0v) is 11.6. The number of rotatable bonds is 3. The lowest BCUT2D eigenvalue weighted by atomic mass is 10.0. The van der Waals surface area contributed by atoms with Crippen LogP contribution in [-0.2, 0) is 6.42 Å². The molecule has 0 aliphatic rings. The molecular weight excluding hydrogens is 278 g/mol. The molecule has 0 fully saturated rings. The third-order valence-corrected chi connectivity index (χ3v) is 3.19. The van der Waals surface area contributed by atoms with Crippen LogP contribution in [0.4, 0.5) is 5.82 Å². The van der Waals surface area contributed by atoms with Crippen molar-refractivity contribution in [1.29, 1.82) is 0 Å². The lowest BCUT2D eigenvalue weighted by molar-refractivity contribution is 0.927. The lowest BCUT2D eigenvalue weighted by Crippen LogP contribution is -1.93. The molecule has 0 spiro atoms. The van der Waals surface area contributed by atoms with Gasteiger partial charge in [-0.3, -0.25) is 5.10 Å². The first-order chi connectivity index (χ1) is 8.11. The summed E-state index contributed by atoms with van der Waals surface area (Å²) in [6.45, 7) is 4.22. The summed E-state index contributed by atoms with van der Waals surface area (Å²) in [7, 11) is 0. The van der Waals surface area contributed by atoms with E-state index in [4.69, 9.17) is 5.73 Å². The van der Waals surface area contributed by atoms with Crippen LogP contribution in [0.15, 0.2) is 22.7 Å². The molecule has 4 heteroatoms. The highest BCUT2D eigenvalue weighted by molar-refractivity contribution is 9.10. The van der Waals surface area contributed by atoms with Crippen LogP contribution in [0.3, 0.4) is 0 Å². The van der Waals surface area contributed by atoms with Crippen molar-refractivity contribution in [2.45, 2.75) is 26.7 Å². The van der Waals surface area contributed by atoms with Crippen molar-refractivity contribution in [3.8, 4) is 11.3 Å². The van der Waals surface area contributed by atoms with E-state index in [9.17, 15) is 0 Å². The fourth-order valence-electron chi connectivity index (χ4n) is 2.00. The maximum atomic E-state index is 5.89. The predicted molar refractivity (Wildman–Crippen MR) is 74.9 cm³/mol. The quantitative estimate of drug-likeness (QED) is 0.907. The van der Waals surface area contributed by atoms with Gasteiger partial charge in [-0.15, -0.1) is 0 Å². The van der Waals surface area contributed by atoms with Gasteiger partial charge in [-0.05, 0) is 37.1 Å². The Labute approximate surface area is 110 Å². The number of nitrogens with two attached hydrogens (primary N) is 1. The zero-order chi connectivity index (χ0) is 12.4. The molecule has 0 radical (unpaired) electrons. The van der Waals surface area contributed by atoms with Gasteiger partial charge in [0.25, 0.3) is 0 Å². The Hall–Kier alpha value is -1.29. The molecule has 0 bridgehead atoms. The number of nitrogens with one attached hydrogen (secondary N) is 1. The van der Waals surface area contributed by atoms with E-state index < -0.39 is 0 Å². The molecule has 1 aromatic heterocycles. The maximum Gasteiger partial charge on any atom is 0.149 e. The number of benzene rings is 1. The predicted octanol–water partition coefficient (Wildman–Crippen LogP) is 3.68. The van der Waals surface area contributed by atoms with E-state index in [1.807, 2.05) is 0 Å². The topological polar surface area (TPSA) is 54.7 Å². The number of halogens is 1. The molecule has 3 nitrogen and oxygen atoms in total. The minimum absolute atomic E-state index is 0.611. The van der Waals surface area contributed by atoms with E-state index in [2.05, 4.69) is 58.2 Å². The number of nitrogens with zero attached hydrogens (tertiary/aromatic N) is 1. The van der Waals surface area contributed by atoms with E-state index in [-0.39, 0.29) is 0 Å². The molecule has 2 rings (SSSR count). The highest BCUT2D eigenvalue weighted by Crippen LogP contribution is 2.29. The van der Waals surface area contributed by atoms with Gasteiger partial charge in [0.05, 0.1) is 5.69 Å². The van der Waals surface area contributed by atoms with Gasteiger partial charge in [0.2, 0.25) is 0 Å². The second-order valence-electron chi connectivity index (χ2n) is 4.23. The highest BCUT2D eigenvalue weighted by Gasteiger charge is 2.12. The van der Waals surface area contributed by atoms with E-state index in [0.29, 0.717) is 5.82 Å². The first kappa shape index (κ1) is 12.2. The molecule has 0 aliphatic carbocycles. The number of hydrogen-bond donors (Lipinski definition) is 2. The van der Waals surface area contributed by atoms with Crippen molar-refractivity contribution in [2.75, 3.05) is 5.73 Å². The van der Waals surface area contributed by atoms with Gasteiger partial charge in [0, 0.05) is 15.6 Å². The maximum absolute atomic E-state index is 5.89. The molecule has 0 atom stereocenters. The van der Waals surface area contributed by atoms with Crippen molar-refractivity contribution < 1.29 is 0 Å². The monoisotopic (exact) mass is 293 g/mol. The summed E-state index contributed by atoms with van der Waals surface area (Å²) in [6, 6.07) is 6.30. The first-order valence-electron chi connectivity index (χ1n) is 5.72. The first-order valence-corrected chi connectivity index (χ1v) is 6.51. The number of aromatic amines is 1. The SMILES string of the molecule is CCCc1c(N)n[nH]c1-c1cc(C)cc(Br)c1. The normalized spacial score (nSPS) is 10.8. The summed E-state index contributed by atoms with van der Waals surface area (Å²) in [6.07, 6.45) is 2.01. The van der Waals surface area contributed by atoms with Crippen LogP contribution in [0.2, 0.25) is 0 Å². The minimum atomic E-state index is 0.611. The summed E-state index contributed by atoms with van der Waals surface area (Å²) in [5, 5.41) is 7.14. The number of nitrogen functional groups attached to an aromatic ring is 1. The molecule has 0 saturated heterocycles. The molecule has 1 heterocycles. The Morgan fingerprint density at radius 3 is 2.76 bits per heavy atom. The van der Waals surface area contributed by atoms with Gasteiger partial charge >= 0.3 is 0 Å². The standard InChI is InChI=1S/C13H16BrN3/c1-3-4-11-12(16-17-13(11)15)9-5-8(2)6-10(14)7-9/h5-7H,3-4H2,1-2H3,(H3,15,16,17). The molecule has 0 amide bonds. The van der Waals surface area contributed by atoms with E-state index in [1.54, 1.807) is 0 Å². The number of aromatic nitrogens is 2. The molecule has 3 N–H and O–H groups in total. The average Bonchev–Trinajstić information content (AvgIpc) is 2.60. The zero-order valence-electron chi connectivity index (χ0n) is 10.0. The molecule has 17 heavy (non-hydrogen) atoms. The third-order valence-electron chi connectivity index (χ3n) is 2.73. The van der Waals surface area contributed by atoms with Crippen LogP contribution in [0, 0.1) is 6.92 Å². The fraction of sp³-hybridized carbons (Fsp3) is 0.308. The van der Waals surface area contributed by atoms with Crippen LogP contribution < -0.4 is 5.73 Å². The molecule has 90 valence electrons. The molecule has 1 aromatic carbocycles. The van der Waals surface area contributed by atoms with Crippen molar-refractivity contribution >= 4 is 21.7 Å². The van der Waals surface area contributed by atoms with Crippen LogP contribution in [-0.4, -0.2) is 10.2 Å². The summed E-state index contributed by atoms with van der Waals surface area (Å²) < 4.78 is 1.07. The molecule has 0 unspecified atom stereocenters. The average molecular weight is 294 g/mol. The fourth-order valence-corrected chi connectivity index (χ4v) is 2.61. The van der Waals surface area contributed by atoms with Crippen molar-refractivity contribution in [2.24, 2.45) is 0 Å². The second kappa shape index (κ2) is 4.92. The molecule has 0 saturated carbocycles. The van der Waals surface area contributed by atoms with Gasteiger partial charge in [-0.1, -0.05) is 29.3 Å². The van der Waals surface area contributed by atoms with Crippen molar-refractivity contribution in [3.63, 3.8) is 0 Å². The molecule has 0 aliphatic heterocycles. The number of hydrogen-bond acceptors (Lipinski definition) is 2. The second-order valence-corrected chi connectivity index (χ2v) is 5.15. The Morgan fingerprint density at radius 1 is 1.35 bits per heavy atom. The van der Waals surface area contributed by atoms with Crippen LogP contribution in [0.1, 0.15) is 24.5 Å². The summed E-state index contributed by atoms with van der Waals surface area (Å²) in [5.74, 6) is 0.611. The minimum Gasteiger partial charge on any atom is -0.382 e. The highest BCUT2D eigenvalue weighted by atomic mass is 79.9. The summed E-state index contributed by atoms with van der Waals surface area (Å²) >= 11 is 3.52. The Morgan fingerprint density at radius 2 is 2.12 bits per heavy atom. The molecular formula is C13H16BrN3. The van der Waals surface area contributed by atoms with Crippen LogP contribution in [0.5, 0.6) is 0 Å². The number of anilines is 1. The summed E-state index contributed by atoms with van der Waals surface area (Å²) in [4.78, 5) is 0. The lowest BCUT2D eigenvalue weighted by Gasteiger charge is -2.05. The summed E-state index contributed by atoms with van der Waals surface area (Å²) in [5.41, 5.74) is 10.4.